The van der Waals surface area contributed by atoms with Crippen LogP contribution in [-0.2, 0) is 111 Å². The van der Waals surface area contributed by atoms with E-state index in [-0.39, 0.29) is 57.5 Å². The lowest BCUT2D eigenvalue weighted by Crippen LogP contribution is -2.43. The van der Waals surface area contributed by atoms with Crippen molar-refractivity contribution in [3.05, 3.63) is 330 Å². The second-order valence-electron chi connectivity index (χ2n) is 37.6. The van der Waals surface area contributed by atoms with E-state index in [0.717, 1.165) is 129 Å². The van der Waals surface area contributed by atoms with Gasteiger partial charge in [-0.1, -0.05) is 385 Å². The van der Waals surface area contributed by atoms with Crippen molar-refractivity contribution in [1.82, 2.24) is 0 Å². The first-order valence-electron chi connectivity index (χ1n) is 54.2. The Kier molecular flexibility index (Phi) is 61.2. The van der Waals surface area contributed by atoms with E-state index in [4.69, 9.17) is 52.1 Å². The molecule has 8 aromatic carbocycles. The molecule has 0 N–H and O–H groups in total. The van der Waals surface area contributed by atoms with Gasteiger partial charge >= 0.3 is 65.7 Å². The van der Waals surface area contributed by atoms with Gasteiger partial charge in [0.05, 0.1) is 0 Å². The Labute approximate surface area is 883 Å². The molecule has 0 bridgehead atoms. The monoisotopic (exact) mass is 2030 g/mol. The molecule has 0 aliphatic rings. The number of carbonyl (C=O) groups excluding carboxylic acids is 11. The first-order valence-corrected chi connectivity index (χ1v) is 54.2. The van der Waals surface area contributed by atoms with Crippen LogP contribution in [0.25, 0.3) is 42.5 Å². The minimum Gasteiger partial charge on any atom is -0.462 e. The molecule has 149 heavy (non-hydrogen) atoms. The van der Waals surface area contributed by atoms with Gasteiger partial charge in [-0.15, -0.1) is 0 Å². The average Bonchev–Trinajstić information content (AvgIpc) is 0.843. The van der Waals surface area contributed by atoms with Crippen molar-refractivity contribution in [2.75, 3.05) is 13.2 Å². The van der Waals surface area contributed by atoms with Crippen LogP contribution in [0.5, 0.6) is 0 Å². The molecule has 0 saturated carbocycles. The van der Waals surface area contributed by atoms with Crippen molar-refractivity contribution in [1.29, 1.82) is 0 Å². The summed E-state index contributed by atoms with van der Waals surface area (Å²) in [4.78, 5) is 153. The lowest BCUT2D eigenvalue weighted by molar-refractivity contribution is -0.175. The predicted octanol–water partition coefficient (Wildman–Crippen LogP) is 27.8. The fraction of sp³-hybridized carbons (Fsp3) is 0.425. The van der Waals surface area contributed by atoms with Crippen molar-refractivity contribution < 1.29 is 105 Å². The molecule has 0 heterocycles. The van der Waals surface area contributed by atoms with E-state index >= 15 is 0 Å². The molecule has 796 valence electrons. The Bertz CT molecular complexity index is 5330. The Hall–Kier alpha value is -13.9. The summed E-state index contributed by atoms with van der Waals surface area (Å²) in [5, 5.41) is 0. The first kappa shape index (κ1) is 120. The molecule has 0 fully saturated rings. The van der Waals surface area contributed by atoms with E-state index in [1.807, 2.05) is 250 Å². The molecule has 0 aromatic heterocycles. The van der Waals surface area contributed by atoms with E-state index in [2.05, 4.69) is 13.8 Å². The molecular formula is C127H156O22. The van der Waals surface area contributed by atoms with Gasteiger partial charge in [0.25, 0.3) is 0 Å². The summed E-state index contributed by atoms with van der Waals surface area (Å²) in [6.07, 6.45) is 35.7. The number of hydrogen-bond acceptors (Lipinski definition) is 22. The average molecular weight is 2030 g/mol. The summed E-state index contributed by atoms with van der Waals surface area (Å²) >= 11 is 0. The van der Waals surface area contributed by atoms with Gasteiger partial charge in [-0.2, -0.15) is 0 Å². The summed E-state index contributed by atoms with van der Waals surface area (Å²) in [6, 6.07) is 74.8. The smallest absolute Gasteiger partial charge is 0.331 e. The van der Waals surface area contributed by atoms with Gasteiger partial charge in [0.1, 0.15) is 62.0 Å². The zero-order valence-electron chi connectivity index (χ0n) is 87.6. The third-order valence-corrected chi connectivity index (χ3v) is 25.3. The Morgan fingerprint density at radius 1 is 0.201 bits per heavy atom. The summed E-state index contributed by atoms with van der Waals surface area (Å²) < 4.78 is 67.7. The molecule has 22 nitrogen and oxygen atoms in total. The maximum absolute atomic E-state index is 14.3. The SMILES string of the molecule is CCCCCCCCC(OC(=O)/C=C/c1ccccc1)C(CCCCCCCC(=O)OCC(COC(=O)CCCCCCCC(OC(=O)/C=C/c1ccccc1)C(CC(OC(=O)/C=C/c1ccccc1)C(CCCCC)OC(=O)/C=C/c1ccccc1)OC(=O)/C=C/c1ccccc1)OC(=O)CCCCCCCC(OC(=O)/C=C/c1ccccc1)C(CCCCCC)OC(=O)CCc1ccccc1)OC(=O)/C=C/c1ccccc1. The number of esters is 11. The normalized spacial score (nSPS) is 13.4. The van der Waals surface area contributed by atoms with Crippen molar-refractivity contribution in [2.24, 2.45) is 0 Å². The number of unbranched alkanes of at least 4 members (excludes halogenated alkanes) is 22. The number of hydrogen-bond donors (Lipinski definition) is 0. The lowest BCUT2D eigenvalue weighted by atomic mass is 9.95. The van der Waals surface area contributed by atoms with E-state index < -0.39 is 121 Å². The van der Waals surface area contributed by atoms with E-state index in [1.165, 1.54) is 42.5 Å². The number of aryl methyl sites for hydroxylation is 1. The number of benzene rings is 8. The van der Waals surface area contributed by atoms with Crippen molar-refractivity contribution in [3.8, 4) is 0 Å². The van der Waals surface area contributed by atoms with E-state index in [0.29, 0.717) is 128 Å². The van der Waals surface area contributed by atoms with Crippen LogP contribution in [0.4, 0.5) is 0 Å². The van der Waals surface area contributed by atoms with Gasteiger partial charge in [0.15, 0.2) is 6.10 Å². The molecular weight excluding hydrogens is 1880 g/mol. The molecule has 8 rings (SSSR count). The van der Waals surface area contributed by atoms with Gasteiger partial charge in [0, 0.05) is 74.6 Å². The van der Waals surface area contributed by atoms with Crippen LogP contribution in [0.15, 0.2) is 285 Å². The fourth-order valence-electron chi connectivity index (χ4n) is 17.0. The maximum atomic E-state index is 14.3. The van der Waals surface area contributed by atoms with Crippen molar-refractivity contribution in [3.63, 3.8) is 0 Å². The minimum absolute atomic E-state index is 0.0109. The molecule has 0 aliphatic carbocycles. The molecule has 9 atom stereocenters. The summed E-state index contributed by atoms with van der Waals surface area (Å²) in [6.45, 7) is 5.55. The standard InChI is InChI=1S/C127H156O22/c1-4-7-10-12-16-49-74-111(144-122(133)91-83-102-60-36-25-37-61-102)112(145-123(134)92-84-103-62-38-26-39-63-103)76-50-17-13-20-53-78-117(128)139-98-108(141-119(130)80-55-22-15-18-51-75-110(143-121(132)90-82-101-58-34-24-35-59-101)109(73-48-11-8-5-2)142-120(131)89-81-100-56-32-23-33-57-100)99-140-118(129)79-54-21-14-19-52-77-114(147-125(136)94-86-105-66-42-28-43-67-105)116(149-127(138)96-88-107-70-46-30-47-71-107)97-115(148-126(137)95-87-106-68-44-29-45-69-106)113(72-31-9-6-3)146-124(135)93-85-104-64-40-27-41-65-104/h23-30,32-47,56-71,82-88,90-96,108-116H,4-22,31,48-55,72-81,89,97-99H2,1-3H3/b90-82+,91-83+,92-84+,93-85+,94-86+,95-87+,96-88+. The third-order valence-electron chi connectivity index (χ3n) is 25.3. The van der Waals surface area contributed by atoms with Crippen molar-refractivity contribution in [2.45, 2.75) is 333 Å². The van der Waals surface area contributed by atoms with Crippen LogP contribution in [0.3, 0.4) is 0 Å². The zero-order valence-corrected chi connectivity index (χ0v) is 87.6. The van der Waals surface area contributed by atoms with Gasteiger partial charge in [-0.25, -0.2) is 33.6 Å². The van der Waals surface area contributed by atoms with Gasteiger partial charge in [0.2, 0.25) is 0 Å². The minimum atomic E-state index is -1.29. The number of rotatable bonds is 76. The van der Waals surface area contributed by atoms with Crippen molar-refractivity contribution >= 4 is 108 Å². The molecule has 0 amide bonds. The largest absolute Gasteiger partial charge is 0.462 e. The summed E-state index contributed by atoms with van der Waals surface area (Å²) in [5.74, 6) is -6.66. The van der Waals surface area contributed by atoms with E-state index in [1.54, 1.807) is 42.5 Å². The Balaban J connectivity index is 0.931. The van der Waals surface area contributed by atoms with Gasteiger partial charge in [-0.05, 0) is 190 Å². The fourth-order valence-corrected chi connectivity index (χ4v) is 17.0. The summed E-state index contributed by atoms with van der Waals surface area (Å²) in [7, 11) is 0. The molecule has 0 radical (unpaired) electrons. The van der Waals surface area contributed by atoms with Crippen LogP contribution in [0, 0.1) is 0 Å². The topological polar surface area (TPSA) is 289 Å². The number of carbonyl (C=O) groups is 11. The highest BCUT2D eigenvalue weighted by Crippen LogP contribution is 2.30. The van der Waals surface area contributed by atoms with Gasteiger partial charge < -0.3 is 52.1 Å². The zero-order chi connectivity index (χ0) is 106. The molecule has 8 aromatic rings. The first-order chi connectivity index (χ1) is 72.8. The molecule has 0 spiro atoms. The molecule has 22 heteroatoms. The highest BCUT2D eigenvalue weighted by Gasteiger charge is 2.38. The molecule has 9 unspecified atom stereocenters. The maximum Gasteiger partial charge on any atom is 0.331 e. The molecule has 0 saturated heterocycles. The highest BCUT2D eigenvalue weighted by atomic mass is 16.6. The Morgan fingerprint density at radius 2 is 0.396 bits per heavy atom. The third kappa shape index (κ3) is 55.6. The quantitative estimate of drug-likeness (QED) is 0.0148. The van der Waals surface area contributed by atoms with E-state index in [9.17, 15) is 52.7 Å². The second-order valence-corrected chi connectivity index (χ2v) is 37.6. The lowest BCUT2D eigenvalue weighted by Gasteiger charge is -2.32. The van der Waals surface area contributed by atoms with Crippen LogP contribution >= 0.6 is 0 Å². The summed E-state index contributed by atoms with van der Waals surface area (Å²) in [5.41, 5.74) is 6.42. The highest BCUT2D eigenvalue weighted by molar-refractivity contribution is 5.91. The van der Waals surface area contributed by atoms with Crippen LogP contribution in [0.2, 0.25) is 0 Å². The van der Waals surface area contributed by atoms with Crippen LogP contribution in [0.1, 0.15) is 316 Å². The predicted molar refractivity (Wildman–Crippen MR) is 586 cm³/mol. The van der Waals surface area contributed by atoms with Crippen LogP contribution in [-0.4, -0.2) is 134 Å². The van der Waals surface area contributed by atoms with Crippen LogP contribution < -0.4 is 0 Å². The number of ether oxygens (including phenoxy) is 11. The second kappa shape index (κ2) is 75.8. The Morgan fingerprint density at radius 3 is 0.664 bits per heavy atom. The van der Waals surface area contributed by atoms with Gasteiger partial charge in [-0.3, -0.25) is 19.2 Å². The molecule has 0 aliphatic heterocycles.